The summed E-state index contributed by atoms with van der Waals surface area (Å²) in [4.78, 5) is 0. The minimum absolute atomic E-state index is 0.00195. The third kappa shape index (κ3) is 1.76. The lowest BCUT2D eigenvalue weighted by atomic mass is 9.81. The van der Waals surface area contributed by atoms with Crippen LogP contribution in [-0.4, -0.2) is 24.3 Å². The van der Waals surface area contributed by atoms with Crippen molar-refractivity contribution in [2.24, 2.45) is 0 Å². The molecule has 0 unspecified atom stereocenters. The predicted molar refractivity (Wildman–Crippen MR) is 54.3 cm³/mol. The standard InChI is InChI=1S/C10H13BO3/c1-14-8-4-2-3-7(5-8)9-6-10(9)11(12)13/h2-5,9-10,12-13H,6H2,1H3/t9-,10+/m0/s1. The number of hydrogen-bond donors (Lipinski definition) is 2. The Labute approximate surface area is 83.5 Å². The second kappa shape index (κ2) is 3.63. The van der Waals surface area contributed by atoms with E-state index < -0.39 is 7.12 Å². The van der Waals surface area contributed by atoms with Crippen LogP contribution in [0.25, 0.3) is 0 Å². The van der Waals surface area contributed by atoms with Gasteiger partial charge in [-0.05, 0) is 30.0 Å². The van der Waals surface area contributed by atoms with Crippen LogP contribution in [0, 0.1) is 0 Å². The topological polar surface area (TPSA) is 49.7 Å². The molecule has 0 radical (unpaired) electrons. The summed E-state index contributed by atoms with van der Waals surface area (Å²) in [7, 11) is 0.441. The minimum Gasteiger partial charge on any atom is -0.497 e. The highest BCUT2D eigenvalue weighted by molar-refractivity contribution is 6.44. The van der Waals surface area contributed by atoms with Crippen molar-refractivity contribution in [2.45, 2.75) is 18.2 Å². The second-order valence-corrected chi connectivity index (χ2v) is 3.70. The van der Waals surface area contributed by atoms with Gasteiger partial charge in [0.25, 0.3) is 0 Å². The maximum Gasteiger partial charge on any atom is 0.455 e. The fourth-order valence-electron chi connectivity index (χ4n) is 1.80. The van der Waals surface area contributed by atoms with E-state index in [0.29, 0.717) is 0 Å². The molecule has 2 N–H and O–H groups in total. The van der Waals surface area contributed by atoms with Gasteiger partial charge < -0.3 is 14.8 Å². The van der Waals surface area contributed by atoms with E-state index in [0.717, 1.165) is 17.7 Å². The largest absolute Gasteiger partial charge is 0.497 e. The van der Waals surface area contributed by atoms with E-state index in [1.54, 1.807) is 7.11 Å². The van der Waals surface area contributed by atoms with Gasteiger partial charge in [0.05, 0.1) is 7.11 Å². The Hall–Kier alpha value is -0.995. The van der Waals surface area contributed by atoms with E-state index in [2.05, 4.69) is 0 Å². The van der Waals surface area contributed by atoms with E-state index in [4.69, 9.17) is 14.8 Å². The van der Waals surface area contributed by atoms with Crippen LogP contribution in [0.5, 0.6) is 5.75 Å². The van der Waals surface area contributed by atoms with Gasteiger partial charge in [-0.15, -0.1) is 0 Å². The summed E-state index contributed by atoms with van der Waals surface area (Å²) >= 11 is 0. The van der Waals surface area contributed by atoms with Gasteiger partial charge in [-0.1, -0.05) is 12.1 Å². The second-order valence-electron chi connectivity index (χ2n) is 3.70. The van der Waals surface area contributed by atoms with E-state index >= 15 is 0 Å². The zero-order valence-corrected chi connectivity index (χ0v) is 8.05. The molecular formula is C10H13BO3. The van der Waals surface area contributed by atoms with Crippen LogP contribution in [0.2, 0.25) is 5.82 Å². The van der Waals surface area contributed by atoms with E-state index in [1.165, 1.54) is 0 Å². The first-order valence-corrected chi connectivity index (χ1v) is 4.72. The molecule has 1 aliphatic carbocycles. The Bertz CT molecular complexity index is 327. The molecule has 0 amide bonds. The highest BCUT2D eigenvalue weighted by Crippen LogP contribution is 2.53. The molecule has 0 aliphatic heterocycles. The number of methoxy groups -OCH3 is 1. The first-order chi connectivity index (χ1) is 6.72. The molecule has 2 atom stereocenters. The molecule has 1 aliphatic rings. The van der Waals surface area contributed by atoms with Crippen LogP contribution < -0.4 is 4.74 Å². The van der Waals surface area contributed by atoms with Crippen LogP contribution in [0.4, 0.5) is 0 Å². The number of rotatable bonds is 3. The average molecular weight is 192 g/mol. The summed E-state index contributed by atoms with van der Waals surface area (Å²) in [5, 5.41) is 17.9. The fraction of sp³-hybridized carbons (Fsp3) is 0.400. The summed E-state index contributed by atoms with van der Waals surface area (Å²) in [6.45, 7) is 0. The van der Waals surface area contributed by atoms with Crippen molar-refractivity contribution in [2.75, 3.05) is 7.11 Å². The highest BCUT2D eigenvalue weighted by Gasteiger charge is 2.46. The first-order valence-electron chi connectivity index (χ1n) is 4.72. The Morgan fingerprint density at radius 3 is 2.79 bits per heavy atom. The Kier molecular flexibility index (Phi) is 2.48. The summed E-state index contributed by atoms with van der Waals surface area (Å²) < 4.78 is 5.10. The number of benzene rings is 1. The maximum absolute atomic E-state index is 8.97. The molecule has 0 bridgehead atoms. The van der Waals surface area contributed by atoms with Gasteiger partial charge >= 0.3 is 7.12 Å². The normalized spacial score (nSPS) is 24.5. The fourth-order valence-corrected chi connectivity index (χ4v) is 1.80. The Morgan fingerprint density at radius 1 is 1.43 bits per heavy atom. The molecule has 74 valence electrons. The highest BCUT2D eigenvalue weighted by atomic mass is 16.5. The van der Waals surface area contributed by atoms with E-state index in [1.807, 2.05) is 24.3 Å². The van der Waals surface area contributed by atoms with Crippen molar-refractivity contribution >= 4 is 7.12 Å². The van der Waals surface area contributed by atoms with Crippen molar-refractivity contribution in [1.29, 1.82) is 0 Å². The lowest BCUT2D eigenvalue weighted by molar-refractivity contribution is 0.402. The van der Waals surface area contributed by atoms with Crippen LogP contribution in [0.3, 0.4) is 0 Å². The van der Waals surface area contributed by atoms with Gasteiger partial charge in [-0.3, -0.25) is 0 Å². The molecule has 1 aromatic rings. The number of ether oxygens (including phenoxy) is 1. The molecule has 2 rings (SSSR count). The summed E-state index contributed by atoms with van der Waals surface area (Å²) in [6, 6.07) is 7.76. The van der Waals surface area contributed by atoms with Crippen molar-refractivity contribution in [3.05, 3.63) is 29.8 Å². The van der Waals surface area contributed by atoms with Crippen LogP contribution in [0.1, 0.15) is 17.9 Å². The first kappa shape index (κ1) is 9.56. The van der Waals surface area contributed by atoms with Gasteiger partial charge in [-0.25, -0.2) is 0 Å². The third-order valence-corrected chi connectivity index (χ3v) is 2.74. The van der Waals surface area contributed by atoms with Gasteiger partial charge in [0.1, 0.15) is 5.75 Å². The predicted octanol–water partition coefficient (Wildman–Crippen LogP) is 1.03. The number of hydrogen-bond acceptors (Lipinski definition) is 3. The van der Waals surface area contributed by atoms with Crippen molar-refractivity contribution in [3.63, 3.8) is 0 Å². The quantitative estimate of drug-likeness (QED) is 0.703. The summed E-state index contributed by atoms with van der Waals surface area (Å²) in [6.07, 6.45) is 0.852. The zero-order chi connectivity index (χ0) is 10.1. The smallest absolute Gasteiger partial charge is 0.455 e. The minimum atomic E-state index is -1.19. The average Bonchev–Trinajstić information content (AvgIpc) is 2.97. The van der Waals surface area contributed by atoms with Gasteiger partial charge in [0, 0.05) is 5.82 Å². The monoisotopic (exact) mass is 192 g/mol. The molecule has 4 heteroatoms. The zero-order valence-electron chi connectivity index (χ0n) is 8.05. The molecular weight excluding hydrogens is 179 g/mol. The van der Waals surface area contributed by atoms with Crippen molar-refractivity contribution in [1.82, 2.24) is 0 Å². The third-order valence-electron chi connectivity index (χ3n) is 2.74. The molecule has 3 nitrogen and oxygen atoms in total. The van der Waals surface area contributed by atoms with Crippen LogP contribution in [-0.2, 0) is 0 Å². The Balaban J connectivity index is 2.11. The molecule has 0 spiro atoms. The van der Waals surface area contributed by atoms with E-state index in [9.17, 15) is 0 Å². The van der Waals surface area contributed by atoms with Gasteiger partial charge in [-0.2, -0.15) is 0 Å². The van der Waals surface area contributed by atoms with Crippen LogP contribution >= 0.6 is 0 Å². The lowest BCUT2D eigenvalue weighted by Gasteiger charge is -2.03. The lowest BCUT2D eigenvalue weighted by Crippen LogP contribution is -2.11. The van der Waals surface area contributed by atoms with Gasteiger partial charge in [0.15, 0.2) is 0 Å². The molecule has 14 heavy (non-hydrogen) atoms. The molecule has 0 saturated heterocycles. The van der Waals surface area contributed by atoms with Crippen LogP contribution in [0.15, 0.2) is 24.3 Å². The molecule has 0 heterocycles. The SMILES string of the molecule is COc1cccc([C@@H]2C[C@H]2B(O)O)c1. The molecule has 1 aromatic carbocycles. The summed E-state index contributed by atoms with van der Waals surface area (Å²) in [5.41, 5.74) is 1.13. The van der Waals surface area contributed by atoms with Crippen molar-refractivity contribution in [3.8, 4) is 5.75 Å². The van der Waals surface area contributed by atoms with E-state index in [-0.39, 0.29) is 11.7 Å². The van der Waals surface area contributed by atoms with Gasteiger partial charge in [0.2, 0.25) is 0 Å². The maximum atomic E-state index is 8.97. The van der Waals surface area contributed by atoms with Crippen molar-refractivity contribution < 1.29 is 14.8 Å². The Morgan fingerprint density at radius 2 is 2.21 bits per heavy atom. The molecule has 1 fully saturated rings. The molecule has 0 aromatic heterocycles. The summed E-state index contributed by atoms with van der Waals surface area (Å²) in [5.74, 6) is 1.10. The molecule has 1 saturated carbocycles.